The summed E-state index contributed by atoms with van der Waals surface area (Å²) in [5.41, 5.74) is 8.01. The summed E-state index contributed by atoms with van der Waals surface area (Å²) in [6, 6.07) is 54.6. The van der Waals surface area contributed by atoms with Crippen molar-refractivity contribution in [2.24, 2.45) is 0 Å². The molecule has 1 heterocycles. The number of rotatable bonds is 3. The van der Waals surface area contributed by atoms with E-state index in [0.29, 0.717) is 17.5 Å². The molecular formula is C49H37N3. The van der Waals surface area contributed by atoms with E-state index in [1.54, 1.807) is 0 Å². The van der Waals surface area contributed by atoms with Crippen molar-refractivity contribution >= 4 is 43.1 Å². The molecular weight excluding hydrogens is 631 g/mol. The first-order chi connectivity index (χ1) is 25.3. The Morgan fingerprint density at radius 2 is 0.923 bits per heavy atom. The zero-order valence-electron chi connectivity index (χ0n) is 29.8. The highest BCUT2D eigenvalue weighted by Crippen LogP contribution is 2.54. The van der Waals surface area contributed by atoms with E-state index in [1.807, 2.05) is 18.2 Å². The third kappa shape index (κ3) is 4.42. The molecule has 0 unspecified atom stereocenters. The first-order valence-electron chi connectivity index (χ1n) is 18.1. The highest BCUT2D eigenvalue weighted by Gasteiger charge is 2.45. The topological polar surface area (TPSA) is 38.7 Å². The molecule has 0 bridgehead atoms. The average molecular weight is 668 g/mol. The minimum atomic E-state index is -0.136. The van der Waals surface area contributed by atoms with Crippen LogP contribution in [0.2, 0.25) is 0 Å². The van der Waals surface area contributed by atoms with Crippen molar-refractivity contribution in [1.82, 2.24) is 15.0 Å². The fraction of sp³-hybridized carbons (Fsp3) is 0.122. The third-order valence-corrected chi connectivity index (χ3v) is 12.1. The van der Waals surface area contributed by atoms with Crippen LogP contribution in [-0.4, -0.2) is 15.0 Å². The Labute approximate surface area is 303 Å². The van der Waals surface area contributed by atoms with Gasteiger partial charge in [0.05, 0.1) is 0 Å². The Bertz CT molecular complexity index is 2900. The van der Waals surface area contributed by atoms with Crippen LogP contribution in [0.1, 0.15) is 38.8 Å². The van der Waals surface area contributed by atoms with Crippen LogP contribution in [0.25, 0.3) is 88.4 Å². The van der Waals surface area contributed by atoms with Crippen molar-refractivity contribution in [3.63, 3.8) is 0 Å². The van der Waals surface area contributed by atoms with Gasteiger partial charge in [0.1, 0.15) is 0 Å². The smallest absolute Gasteiger partial charge is 0.164 e. The lowest BCUT2D eigenvalue weighted by atomic mass is 9.55. The maximum atomic E-state index is 5.35. The monoisotopic (exact) mass is 667 g/mol. The second kappa shape index (κ2) is 11.2. The van der Waals surface area contributed by atoms with E-state index in [1.165, 1.54) is 60.0 Å². The van der Waals surface area contributed by atoms with Gasteiger partial charge in [-0.15, -0.1) is 0 Å². The van der Waals surface area contributed by atoms with Crippen molar-refractivity contribution in [1.29, 1.82) is 0 Å². The molecule has 0 aliphatic heterocycles. The van der Waals surface area contributed by atoms with Gasteiger partial charge in [-0.05, 0) is 88.3 Å². The van der Waals surface area contributed by atoms with Crippen molar-refractivity contribution < 1.29 is 0 Å². The van der Waals surface area contributed by atoms with E-state index < -0.39 is 0 Å². The normalized spacial score (nSPS) is 14.5. The van der Waals surface area contributed by atoms with E-state index >= 15 is 0 Å². The summed E-state index contributed by atoms with van der Waals surface area (Å²) in [5, 5.41) is 9.67. The van der Waals surface area contributed by atoms with Gasteiger partial charge in [-0.3, -0.25) is 0 Å². The summed E-state index contributed by atoms with van der Waals surface area (Å²) in [4.78, 5) is 15.8. The van der Waals surface area contributed by atoms with Crippen LogP contribution in [-0.2, 0) is 10.8 Å². The zero-order chi connectivity index (χ0) is 35.2. The fourth-order valence-electron chi connectivity index (χ4n) is 8.58. The molecule has 0 amide bonds. The molecule has 1 aliphatic carbocycles. The van der Waals surface area contributed by atoms with Gasteiger partial charge in [0.15, 0.2) is 17.5 Å². The minimum absolute atomic E-state index is 0.0777. The molecule has 248 valence electrons. The number of fused-ring (bicyclic) bond motifs is 10. The standard InChI is InChI=1S/C49H37N3/c1-48(2)42-21-13-12-20-38(42)39-27-25-33(28-43(39)49(48,3)4)46-50-45(32-15-6-5-7-16-32)51-47(52-46)41-29-40-37(35-18-10-11-19-36(35)41)26-24-31-23-22-30-14-8-9-17-34(30)44(31)40/h5-29H,1-4H3. The van der Waals surface area contributed by atoms with Crippen LogP contribution in [0.15, 0.2) is 152 Å². The first-order valence-corrected chi connectivity index (χ1v) is 18.1. The molecule has 0 fully saturated rings. The average Bonchev–Trinajstić information content (AvgIpc) is 3.19. The molecule has 0 saturated carbocycles. The molecule has 3 nitrogen and oxygen atoms in total. The van der Waals surface area contributed by atoms with Gasteiger partial charge in [-0.1, -0.05) is 167 Å². The van der Waals surface area contributed by atoms with Gasteiger partial charge in [0.25, 0.3) is 0 Å². The van der Waals surface area contributed by atoms with E-state index in [2.05, 4.69) is 161 Å². The first kappa shape index (κ1) is 30.6. The summed E-state index contributed by atoms with van der Waals surface area (Å²) in [7, 11) is 0. The molecule has 1 aliphatic rings. The molecule has 8 aromatic carbocycles. The molecule has 9 aromatic rings. The SMILES string of the molecule is CC1(C)c2ccccc2-c2ccc(-c3nc(-c4ccccc4)nc(-c4cc5c(ccc6ccc7ccccc7c65)c5ccccc45)n3)cc2C1(C)C. The molecule has 1 aromatic heterocycles. The summed E-state index contributed by atoms with van der Waals surface area (Å²) in [5.74, 6) is 2.00. The molecule has 0 radical (unpaired) electrons. The van der Waals surface area contributed by atoms with Gasteiger partial charge in [0.2, 0.25) is 0 Å². The molecule has 10 rings (SSSR count). The van der Waals surface area contributed by atoms with Crippen molar-refractivity contribution in [2.45, 2.75) is 38.5 Å². The van der Waals surface area contributed by atoms with Gasteiger partial charge >= 0.3 is 0 Å². The number of nitrogens with zero attached hydrogens (tertiary/aromatic N) is 3. The summed E-state index contributed by atoms with van der Waals surface area (Å²) in [6.45, 7) is 9.48. The van der Waals surface area contributed by atoms with E-state index in [0.717, 1.165) is 22.1 Å². The number of aromatic nitrogens is 3. The maximum Gasteiger partial charge on any atom is 0.164 e. The molecule has 3 heteroatoms. The summed E-state index contributed by atoms with van der Waals surface area (Å²) >= 11 is 0. The maximum absolute atomic E-state index is 5.35. The van der Waals surface area contributed by atoms with Gasteiger partial charge in [-0.25, -0.2) is 15.0 Å². The summed E-state index contributed by atoms with van der Waals surface area (Å²) < 4.78 is 0. The highest BCUT2D eigenvalue weighted by atomic mass is 15.0. The Hall–Kier alpha value is -6.19. The van der Waals surface area contributed by atoms with Crippen molar-refractivity contribution in [3.05, 3.63) is 163 Å². The van der Waals surface area contributed by atoms with Gasteiger partial charge < -0.3 is 0 Å². The van der Waals surface area contributed by atoms with Crippen molar-refractivity contribution in [2.75, 3.05) is 0 Å². The lowest BCUT2D eigenvalue weighted by Crippen LogP contribution is -2.43. The van der Waals surface area contributed by atoms with Crippen LogP contribution in [0.4, 0.5) is 0 Å². The quantitative estimate of drug-likeness (QED) is 0.176. The summed E-state index contributed by atoms with van der Waals surface area (Å²) in [6.07, 6.45) is 0. The highest BCUT2D eigenvalue weighted by molar-refractivity contribution is 6.26. The Morgan fingerprint density at radius 3 is 1.75 bits per heavy atom. The van der Waals surface area contributed by atoms with Gasteiger partial charge in [-0.2, -0.15) is 0 Å². The van der Waals surface area contributed by atoms with E-state index in [-0.39, 0.29) is 10.8 Å². The number of hydrogen-bond donors (Lipinski definition) is 0. The molecule has 0 N–H and O–H groups in total. The third-order valence-electron chi connectivity index (χ3n) is 12.1. The molecule has 0 atom stereocenters. The predicted molar refractivity (Wildman–Crippen MR) is 218 cm³/mol. The minimum Gasteiger partial charge on any atom is -0.208 e. The second-order valence-corrected chi connectivity index (χ2v) is 15.2. The largest absolute Gasteiger partial charge is 0.208 e. The second-order valence-electron chi connectivity index (χ2n) is 15.2. The van der Waals surface area contributed by atoms with Crippen LogP contribution in [0.3, 0.4) is 0 Å². The van der Waals surface area contributed by atoms with E-state index in [4.69, 9.17) is 15.0 Å². The lowest BCUT2D eigenvalue weighted by Gasteiger charge is -2.48. The number of hydrogen-bond acceptors (Lipinski definition) is 3. The predicted octanol–water partition coefficient (Wildman–Crippen LogP) is 12.7. The Kier molecular flexibility index (Phi) is 6.57. The molecule has 0 spiro atoms. The van der Waals surface area contributed by atoms with Crippen LogP contribution < -0.4 is 0 Å². The van der Waals surface area contributed by atoms with Gasteiger partial charge in [0, 0.05) is 16.7 Å². The Balaban J connectivity index is 1.26. The molecule has 52 heavy (non-hydrogen) atoms. The Morgan fingerprint density at radius 1 is 0.346 bits per heavy atom. The number of benzene rings is 8. The van der Waals surface area contributed by atoms with E-state index in [9.17, 15) is 0 Å². The lowest BCUT2D eigenvalue weighted by molar-refractivity contribution is 0.299. The molecule has 0 saturated heterocycles. The van der Waals surface area contributed by atoms with Crippen LogP contribution in [0.5, 0.6) is 0 Å². The fourth-order valence-corrected chi connectivity index (χ4v) is 8.58. The van der Waals surface area contributed by atoms with Crippen LogP contribution in [0, 0.1) is 0 Å². The van der Waals surface area contributed by atoms with Crippen molar-refractivity contribution in [3.8, 4) is 45.3 Å². The van der Waals surface area contributed by atoms with Crippen LogP contribution >= 0.6 is 0 Å². The zero-order valence-corrected chi connectivity index (χ0v) is 29.8.